The summed E-state index contributed by atoms with van der Waals surface area (Å²) in [5, 5.41) is 12.4. The fourth-order valence-electron chi connectivity index (χ4n) is 4.65. The molecule has 1 atom stereocenters. The fraction of sp³-hybridized carbons (Fsp3) is 0.619. The zero-order valence-corrected chi connectivity index (χ0v) is 20.1. The molecule has 3 aliphatic rings. The van der Waals surface area contributed by atoms with Crippen molar-refractivity contribution in [3.05, 3.63) is 23.8 Å². The van der Waals surface area contributed by atoms with E-state index in [1.54, 1.807) is 32.1 Å². The van der Waals surface area contributed by atoms with Crippen molar-refractivity contribution in [2.24, 2.45) is 0 Å². The van der Waals surface area contributed by atoms with Crippen LogP contribution in [0.25, 0.3) is 0 Å². The number of piperidine rings is 1. The van der Waals surface area contributed by atoms with Crippen molar-refractivity contribution in [3.63, 3.8) is 0 Å². The Kier molecular flexibility index (Phi) is 6.68. The lowest BCUT2D eigenvalue weighted by Crippen LogP contribution is -2.35. The zero-order valence-electron chi connectivity index (χ0n) is 18.4. The molecule has 5 rings (SSSR count). The normalized spacial score (nSPS) is 21.5. The summed E-state index contributed by atoms with van der Waals surface area (Å²) in [6.07, 6.45) is 5.68. The third kappa shape index (κ3) is 4.79. The van der Waals surface area contributed by atoms with Crippen LogP contribution in [0.1, 0.15) is 37.7 Å². The maximum atomic E-state index is 13.0. The van der Waals surface area contributed by atoms with Crippen LogP contribution in [0.4, 0.5) is 5.69 Å². The van der Waals surface area contributed by atoms with E-state index in [0.29, 0.717) is 42.7 Å². The van der Waals surface area contributed by atoms with E-state index in [0.717, 1.165) is 50.0 Å². The van der Waals surface area contributed by atoms with Gasteiger partial charge in [0.15, 0.2) is 0 Å². The molecule has 3 aliphatic heterocycles. The molecule has 1 aromatic carbocycles. The summed E-state index contributed by atoms with van der Waals surface area (Å²) in [6, 6.07) is 5.13. The first-order valence-corrected chi connectivity index (χ1v) is 13.9. The van der Waals surface area contributed by atoms with Crippen LogP contribution >= 0.6 is 11.8 Å². The van der Waals surface area contributed by atoms with Gasteiger partial charge < -0.3 is 9.64 Å². The third-order valence-electron chi connectivity index (χ3n) is 6.42. The summed E-state index contributed by atoms with van der Waals surface area (Å²) in [6.45, 7) is 3.05. The minimum atomic E-state index is -3.49. The van der Waals surface area contributed by atoms with Gasteiger partial charge in [0.05, 0.1) is 23.3 Å². The number of amides is 1. The van der Waals surface area contributed by atoms with Crippen molar-refractivity contribution in [1.29, 1.82) is 0 Å². The number of ether oxygens (including phenoxy) is 1. The zero-order chi connectivity index (χ0) is 22.8. The number of sulfonamides is 1. The number of thioether (sulfide) groups is 1. The first-order chi connectivity index (χ1) is 16.0. The van der Waals surface area contributed by atoms with Gasteiger partial charge in [-0.2, -0.15) is 4.31 Å². The molecule has 178 valence electrons. The van der Waals surface area contributed by atoms with Crippen molar-refractivity contribution in [2.45, 2.75) is 61.2 Å². The number of hydrogen-bond acceptors (Lipinski definition) is 8. The van der Waals surface area contributed by atoms with Crippen LogP contribution in [0.15, 0.2) is 28.3 Å². The molecule has 33 heavy (non-hydrogen) atoms. The molecule has 0 radical (unpaired) electrons. The van der Waals surface area contributed by atoms with E-state index >= 15 is 0 Å². The second-order valence-corrected chi connectivity index (χ2v) is 11.5. The van der Waals surface area contributed by atoms with E-state index < -0.39 is 10.0 Å². The average molecular weight is 493 g/mol. The van der Waals surface area contributed by atoms with Gasteiger partial charge in [-0.3, -0.25) is 4.79 Å². The number of nitrogens with zero attached hydrogens (tertiary/aromatic N) is 6. The molecule has 2 aromatic rings. The standard InChI is InChI=1S/C21H28N6O4S2/c28-20(15-32-21-22-23-24-27(21)14-17-5-4-12-31-17)26-11-8-16-13-18(6-7-19(16)26)33(29,30)25-9-2-1-3-10-25/h6-7,13,17H,1-5,8-12,14-15H2. The summed E-state index contributed by atoms with van der Waals surface area (Å²) < 4.78 is 34.9. The van der Waals surface area contributed by atoms with Crippen molar-refractivity contribution in [1.82, 2.24) is 24.5 Å². The van der Waals surface area contributed by atoms with Gasteiger partial charge in [0.1, 0.15) is 0 Å². The highest BCUT2D eigenvalue weighted by Gasteiger charge is 2.30. The van der Waals surface area contributed by atoms with Crippen molar-refractivity contribution < 1.29 is 17.9 Å². The maximum Gasteiger partial charge on any atom is 0.243 e. The molecule has 0 N–H and O–H groups in total. The number of fused-ring (bicyclic) bond motifs is 1. The highest BCUT2D eigenvalue weighted by Crippen LogP contribution is 2.32. The van der Waals surface area contributed by atoms with Crippen molar-refractivity contribution in [2.75, 3.05) is 36.9 Å². The number of hydrogen-bond donors (Lipinski definition) is 0. The molecule has 0 spiro atoms. The molecule has 1 unspecified atom stereocenters. The first kappa shape index (κ1) is 22.8. The second-order valence-electron chi connectivity index (χ2n) is 8.62. The molecule has 10 nitrogen and oxygen atoms in total. The van der Waals surface area contributed by atoms with Crippen molar-refractivity contribution in [3.8, 4) is 0 Å². The molecule has 0 saturated carbocycles. The number of tetrazole rings is 1. The molecule has 2 saturated heterocycles. The molecule has 0 bridgehead atoms. The topological polar surface area (TPSA) is 111 Å². The third-order valence-corrected chi connectivity index (χ3v) is 9.26. The first-order valence-electron chi connectivity index (χ1n) is 11.5. The summed E-state index contributed by atoms with van der Waals surface area (Å²) >= 11 is 1.31. The smallest absolute Gasteiger partial charge is 0.243 e. The number of carbonyl (C=O) groups excluding carboxylic acids is 1. The van der Waals surface area contributed by atoms with E-state index in [1.165, 1.54) is 11.8 Å². The number of rotatable bonds is 7. The SMILES string of the molecule is O=C(CSc1nnnn1CC1CCCO1)N1CCc2cc(S(=O)(=O)N3CCCCC3)ccc21. The van der Waals surface area contributed by atoms with Gasteiger partial charge in [-0.05, 0) is 66.3 Å². The van der Waals surface area contributed by atoms with Gasteiger partial charge in [-0.25, -0.2) is 13.1 Å². The molecule has 2 fully saturated rings. The van der Waals surface area contributed by atoms with Gasteiger partial charge in [0.25, 0.3) is 0 Å². The van der Waals surface area contributed by atoms with Crippen LogP contribution < -0.4 is 4.90 Å². The predicted octanol–water partition coefficient (Wildman–Crippen LogP) is 1.71. The quantitative estimate of drug-likeness (QED) is 0.537. The molecular weight excluding hydrogens is 464 g/mol. The Morgan fingerprint density at radius 3 is 2.79 bits per heavy atom. The summed E-state index contributed by atoms with van der Waals surface area (Å²) in [5.41, 5.74) is 1.69. The minimum absolute atomic E-state index is 0.0444. The lowest BCUT2D eigenvalue weighted by molar-refractivity contribution is -0.116. The van der Waals surface area contributed by atoms with E-state index in [2.05, 4.69) is 15.5 Å². The fourth-order valence-corrected chi connectivity index (χ4v) is 6.98. The molecule has 4 heterocycles. The number of anilines is 1. The monoisotopic (exact) mass is 492 g/mol. The molecular formula is C21H28N6O4S2. The minimum Gasteiger partial charge on any atom is -0.376 e. The Balaban J connectivity index is 1.23. The van der Waals surface area contributed by atoms with Crippen LogP contribution in [0, 0.1) is 0 Å². The van der Waals surface area contributed by atoms with Gasteiger partial charge in [-0.15, -0.1) is 5.10 Å². The molecule has 1 amide bonds. The lowest BCUT2D eigenvalue weighted by atomic mass is 10.2. The number of carbonyl (C=O) groups is 1. The average Bonchev–Trinajstić information content (AvgIpc) is 3.59. The largest absolute Gasteiger partial charge is 0.376 e. The maximum absolute atomic E-state index is 13.0. The predicted molar refractivity (Wildman–Crippen MR) is 123 cm³/mol. The summed E-state index contributed by atoms with van der Waals surface area (Å²) in [5.74, 6) is 0.163. The van der Waals surface area contributed by atoms with Gasteiger partial charge in [0.2, 0.25) is 21.1 Å². The summed E-state index contributed by atoms with van der Waals surface area (Å²) in [7, 11) is -3.49. The number of aromatic nitrogens is 4. The highest BCUT2D eigenvalue weighted by molar-refractivity contribution is 7.99. The Hall–Kier alpha value is -2.02. The van der Waals surface area contributed by atoms with Gasteiger partial charge >= 0.3 is 0 Å². The van der Waals surface area contributed by atoms with Crippen LogP contribution in [0.5, 0.6) is 0 Å². The van der Waals surface area contributed by atoms with Crippen LogP contribution in [0.2, 0.25) is 0 Å². The molecule has 0 aliphatic carbocycles. The molecule has 12 heteroatoms. The van der Waals surface area contributed by atoms with Crippen LogP contribution in [-0.4, -0.2) is 76.9 Å². The van der Waals surface area contributed by atoms with Crippen molar-refractivity contribution >= 4 is 33.4 Å². The number of benzene rings is 1. The lowest BCUT2D eigenvalue weighted by Gasteiger charge is -2.26. The Bertz CT molecular complexity index is 1110. The van der Waals surface area contributed by atoms with Gasteiger partial charge in [0, 0.05) is 31.9 Å². The van der Waals surface area contributed by atoms with Gasteiger partial charge in [-0.1, -0.05) is 18.2 Å². The Morgan fingerprint density at radius 2 is 2.00 bits per heavy atom. The van der Waals surface area contributed by atoms with E-state index in [1.807, 2.05) is 0 Å². The molecule has 1 aromatic heterocycles. The highest BCUT2D eigenvalue weighted by atomic mass is 32.2. The van der Waals surface area contributed by atoms with E-state index in [4.69, 9.17) is 4.74 Å². The summed E-state index contributed by atoms with van der Waals surface area (Å²) in [4.78, 5) is 15.0. The van der Waals surface area contributed by atoms with E-state index in [-0.39, 0.29) is 17.8 Å². The second kappa shape index (κ2) is 9.69. The van der Waals surface area contributed by atoms with E-state index in [9.17, 15) is 13.2 Å². The Morgan fingerprint density at radius 1 is 1.15 bits per heavy atom. The van der Waals surface area contributed by atoms with Crippen LogP contribution in [-0.2, 0) is 32.5 Å². The Labute approximate surface area is 197 Å². The van der Waals surface area contributed by atoms with Crippen LogP contribution in [0.3, 0.4) is 0 Å².